The van der Waals surface area contributed by atoms with E-state index in [2.05, 4.69) is 5.32 Å². The van der Waals surface area contributed by atoms with Crippen LogP contribution in [0.3, 0.4) is 0 Å². The van der Waals surface area contributed by atoms with Gasteiger partial charge in [-0.05, 0) is 45.7 Å². The summed E-state index contributed by atoms with van der Waals surface area (Å²) < 4.78 is 10.4. The number of alkyl carbamates (subject to hydrolysis) is 1. The van der Waals surface area contributed by atoms with Gasteiger partial charge in [0.05, 0.1) is 12.8 Å². The Hall–Kier alpha value is -1.98. The lowest BCUT2D eigenvalue weighted by Gasteiger charge is -2.23. The van der Waals surface area contributed by atoms with Crippen molar-refractivity contribution < 1.29 is 18.7 Å². The van der Waals surface area contributed by atoms with E-state index in [1.807, 2.05) is 6.07 Å². The largest absolute Gasteiger partial charge is 0.467 e. The molecule has 1 aliphatic carbocycles. The number of ether oxygens (including phenoxy) is 1. The maximum atomic E-state index is 12.2. The molecule has 0 saturated heterocycles. The predicted octanol–water partition coefficient (Wildman–Crippen LogP) is 2.30. The van der Waals surface area contributed by atoms with E-state index >= 15 is 0 Å². The van der Waals surface area contributed by atoms with E-state index in [1.165, 1.54) is 0 Å². The fourth-order valence-corrected chi connectivity index (χ4v) is 1.94. The summed E-state index contributed by atoms with van der Waals surface area (Å²) in [5.41, 5.74) is -0.572. The number of nitrogens with zero attached hydrogens (tertiary/aromatic N) is 1. The lowest BCUT2D eigenvalue weighted by atomic mass is 10.2. The van der Waals surface area contributed by atoms with Gasteiger partial charge in [0.2, 0.25) is 5.91 Å². The molecular formula is C15H22N2O4. The molecule has 1 saturated carbocycles. The standard InChI is InChI=1S/C15H22N2O4/c1-15(2,3)21-14(19)16-9-13(18)17(11-6-7-11)10-12-5-4-8-20-12/h4-5,8,11H,6-7,9-10H2,1-3H3,(H,16,19). The van der Waals surface area contributed by atoms with Crippen molar-refractivity contribution in [3.05, 3.63) is 24.2 Å². The van der Waals surface area contributed by atoms with Crippen molar-refractivity contribution in [1.82, 2.24) is 10.2 Å². The van der Waals surface area contributed by atoms with Crippen LogP contribution in [0.25, 0.3) is 0 Å². The number of carbonyl (C=O) groups is 2. The van der Waals surface area contributed by atoms with Crippen molar-refractivity contribution in [2.75, 3.05) is 6.54 Å². The maximum Gasteiger partial charge on any atom is 0.408 e. The number of rotatable bonds is 5. The smallest absolute Gasteiger partial charge is 0.408 e. The van der Waals surface area contributed by atoms with E-state index < -0.39 is 11.7 Å². The molecule has 1 N–H and O–H groups in total. The summed E-state index contributed by atoms with van der Waals surface area (Å²) >= 11 is 0. The maximum absolute atomic E-state index is 12.2. The Morgan fingerprint density at radius 3 is 2.67 bits per heavy atom. The zero-order valence-corrected chi connectivity index (χ0v) is 12.7. The third kappa shape index (κ3) is 5.13. The Morgan fingerprint density at radius 1 is 1.43 bits per heavy atom. The van der Waals surface area contributed by atoms with Crippen molar-refractivity contribution >= 4 is 12.0 Å². The van der Waals surface area contributed by atoms with E-state index in [9.17, 15) is 9.59 Å². The van der Waals surface area contributed by atoms with Gasteiger partial charge in [-0.25, -0.2) is 4.79 Å². The van der Waals surface area contributed by atoms with Crippen molar-refractivity contribution in [3.8, 4) is 0 Å². The first-order valence-electron chi connectivity index (χ1n) is 7.14. The van der Waals surface area contributed by atoms with E-state index in [0.29, 0.717) is 6.54 Å². The molecule has 1 aliphatic rings. The molecule has 0 aromatic carbocycles. The normalized spacial score (nSPS) is 14.6. The average molecular weight is 294 g/mol. The molecule has 1 fully saturated rings. The Kier molecular flexibility index (Phi) is 4.55. The predicted molar refractivity (Wildman–Crippen MR) is 76.5 cm³/mol. The van der Waals surface area contributed by atoms with Crippen LogP contribution in [0.2, 0.25) is 0 Å². The lowest BCUT2D eigenvalue weighted by molar-refractivity contribution is -0.131. The van der Waals surface area contributed by atoms with Crippen LogP contribution in [0.4, 0.5) is 4.79 Å². The summed E-state index contributed by atoms with van der Waals surface area (Å²) in [4.78, 5) is 25.5. The Bertz CT molecular complexity index is 486. The van der Waals surface area contributed by atoms with Crippen LogP contribution in [0, 0.1) is 0 Å². The zero-order valence-electron chi connectivity index (χ0n) is 12.7. The molecule has 1 heterocycles. The molecular weight excluding hydrogens is 272 g/mol. The Balaban J connectivity index is 1.83. The molecule has 0 unspecified atom stereocenters. The summed E-state index contributed by atoms with van der Waals surface area (Å²) in [6, 6.07) is 3.89. The quantitative estimate of drug-likeness (QED) is 0.904. The molecule has 1 aromatic rings. The minimum Gasteiger partial charge on any atom is -0.467 e. The highest BCUT2D eigenvalue weighted by Crippen LogP contribution is 2.28. The number of furan rings is 1. The second-order valence-corrected chi connectivity index (χ2v) is 6.19. The summed E-state index contributed by atoms with van der Waals surface area (Å²) in [6.45, 7) is 5.71. The second-order valence-electron chi connectivity index (χ2n) is 6.19. The first-order valence-corrected chi connectivity index (χ1v) is 7.14. The van der Waals surface area contributed by atoms with Crippen LogP contribution in [0.15, 0.2) is 22.8 Å². The van der Waals surface area contributed by atoms with Gasteiger partial charge in [0, 0.05) is 6.04 Å². The highest BCUT2D eigenvalue weighted by Gasteiger charge is 2.33. The molecule has 0 aliphatic heterocycles. The molecule has 0 bridgehead atoms. The average Bonchev–Trinajstić information content (AvgIpc) is 3.08. The van der Waals surface area contributed by atoms with Crippen molar-refractivity contribution in [2.45, 2.75) is 51.8 Å². The van der Waals surface area contributed by atoms with E-state index in [-0.39, 0.29) is 18.5 Å². The van der Waals surface area contributed by atoms with Crippen molar-refractivity contribution in [3.63, 3.8) is 0 Å². The highest BCUT2D eigenvalue weighted by molar-refractivity contribution is 5.82. The second kappa shape index (κ2) is 6.20. The van der Waals surface area contributed by atoms with Crippen LogP contribution < -0.4 is 5.32 Å². The van der Waals surface area contributed by atoms with Crippen LogP contribution in [-0.2, 0) is 16.1 Å². The highest BCUT2D eigenvalue weighted by atomic mass is 16.6. The molecule has 6 heteroatoms. The molecule has 0 spiro atoms. The monoisotopic (exact) mass is 294 g/mol. The summed E-state index contributed by atoms with van der Waals surface area (Å²) in [6.07, 6.45) is 3.01. The number of carbonyl (C=O) groups excluding carboxylic acids is 2. The number of amides is 2. The van der Waals surface area contributed by atoms with Crippen LogP contribution >= 0.6 is 0 Å². The van der Waals surface area contributed by atoms with Crippen molar-refractivity contribution in [1.29, 1.82) is 0 Å². The minimum absolute atomic E-state index is 0.0634. The topological polar surface area (TPSA) is 71.8 Å². The zero-order chi connectivity index (χ0) is 15.5. The van der Waals surface area contributed by atoms with Crippen LogP contribution in [-0.4, -0.2) is 35.1 Å². The number of nitrogens with one attached hydrogen (secondary N) is 1. The van der Waals surface area contributed by atoms with Gasteiger partial charge in [0.1, 0.15) is 17.9 Å². The summed E-state index contributed by atoms with van der Waals surface area (Å²) in [5.74, 6) is 0.618. The molecule has 2 amide bonds. The summed E-state index contributed by atoms with van der Waals surface area (Å²) in [5, 5.41) is 2.50. The molecule has 2 rings (SSSR count). The van der Waals surface area contributed by atoms with Gasteiger partial charge in [-0.15, -0.1) is 0 Å². The van der Waals surface area contributed by atoms with Gasteiger partial charge < -0.3 is 19.4 Å². The number of hydrogen-bond acceptors (Lipinski definition) is 4. The lowest BCUT2D eigenvalue weighted by Crippen LogP contribution is -2.42. The molecule has 1 aromatic heterocycles. The van der Waals surface area contributed by atoms with Crippen LogP contribution in [0.5, 0.6) is 0 Å². The van der Waals surface area contributed by atoms with E-state index in [1.54, 1.807) is 38.0 Å². The molecule has 6 nitrogen and oxygen atoms in total. The van der Waals surface area contributed by atoms with E-state index in [0.717, 1.165) is 18.6 Å². The van der Waals surface area contributed by atoms with Gasteiger partial charge in [-0.3, -0.25) is 4.79 Å². The first kappa shape index (κ1) is 15.4. The van der Waals surface area contributed by atoms with Crippen LogP contribution in [0.1, 0.15) is 39.4 Å². The fraction of sp³-hybridized carbons (Fsp3) is 0.600. The first-order chi connectivity index (χ1) is 9.85. The fourth-order valence-electron chi connectivity index (χ4n) is 1.94. The minimum atomic E-state index is -0.579. The third-order valence-corrected chi connectivity index (χ3v) is 3.00. The molecule has 21 heavy (non-hydrogen) atoms. The number of hydrogen-bond donors (Lipinski definition) is 1. The Morgan fingerprint density at radius 2 is 2.14 bits per heavy atom. The van der Waals surface area contributed by atoms with Gasteiger partial charge in [-0.2, -0.15) is 0 Å². The van der Waals surface area contributed by atoms with Gasteiger partial charge in [0.15, 0.2) is 0 Å². The third-order valence-electron chi connectivity index (χ3n) is 3.00. The SMILES string of the molecule is CC(C)(C)OC(=O)NCC(=O)N(Cc1ccco1)C1CC1. The van der Waals surface area contributed by atoms with E-state index in [4.69, 9.17) is 9.15 Å². The van der Waals surface area contributed by atoms with Gasteiger partial charge in [-0.1, -0.05) is 0 Å². The molecule has 0 atom stereocenters. The van der Waals surface area contributed by atoms with Crippen molar-refractivity contribution in [2.24, 2.45) is 0 Å². The van der Waals surface area contributed by atoms with Gasteiger partial charge >= 0.3 is 6.09 Å². The molecule has 116 valence electrons. The molecule has 0 radical (unpaired) electrons. The Labute approximate surface area is 124 Å². The summed E-state index contributed by atoms with van der Waals surface area (Å²) in [7, 11) is 0. The van der Waals surface area contributed by atoms with Gasteiger partial charge in [0.25, 0.3) is 0 Å².